The number of benzene rings is 2. The lowest BCUT2D eigenvalue weighted by Crippen LogP contribution is -2.48. The number of carbonyl (C=O) groups is 2. The van der Waals surface area contributed by atoms with E-state index >= 15 is 0 Å². The third-order valence-corrected chi connectivity index (χ3v) is 4.82. The quantitative estimate of drug-likeness (QED) is 0.771. The van der Waals surface area contributed by atoms with Gasteiger partial charge >= 0.3 is 0 Å². The van der Waals surface area contributed by atoms with E-state index in [1.54, 1.807) is 30.1 Å². The highest BCUT2D eigenvalue weighted by Gasteiger charge is 2.28. The molecule has 0 fully saturated rings. The van der Waals surface area contributed by atoms with Crippen LogP contribution in [0.5, 0.6) is 0 Å². The van der Waals surface area contributed by atoms with Crippen molar-refractivity contribution in [1.29, 1.82) is 0 Å². The van der Waals surface area contributed by atoms with Gasteiger partial charge in [0.2, 0.25) is 11.8 Å². The van der Waals surface area contributed by atoms with E-state index in [1.807, 2.05) is 37.3 Å². The second kappa shape index (κ2) is 9.60. The number of rotatable bonds is 7. The summed E-state index contributed by atoms with van der Waals surface area (Å²) in [4.78, 5) is 26.9. The van der Waals surface area contributed by atoms with Crippen LogP contribution in [0.4, 0.5) is 0 Å². The molecule has 0 aliphatic carbocycles. The number of hydrogen-bond donors (Lipinski definition) is 1. The number of likely N-dealkylation sites (N-methyl/N-ethyl adjacent to an activating group) is 1. The molecule has 1 atom stereocenters. The molecule has 2 amide bonds. The Bertz CT molecular complexity index is 763. The van der Waals surface area contributed by atoms with Gasteiger partial charge in [-0.15, -0.1) is 0 Å². The summed E-state index contributed by atoms with van der Waals surface area (Å²) in [5.74, 6) is -0.327. The maximum Gasteiger partial charge on any atom is 0.242 e. The van der Waals surface area contributed by atoms with Crippen LogP contribution >= 0.6 is 23.2 Å². The normalized spacial score (nSPS) is 11.7. The number of nitrogens with one attached hydrogen (secondary N) is 1. The van der Waals surface area contributed by atoms with Crippen molar-refractivity contribution in [3.05, 3.63) is 69.7 Å². The first-order valence-corrected chi connectivity index (χ1v) is 9.20. The SMILES string of the molecule is CC[C@H](C(=O)NC)N(Cc1ccccc1Cl)C(=O)Cc1ccc(Cl)cc1. The van der Waals surface area contributed by atoms with E-state index in [0.29, 0.717) is 16.5 Å². The largest absolute Gasteiger partial charge is 0.357 e. The lowest BCUT2D eigenvalue weighted by Gasteiger charge is -2.30. The Morgan fingerprint density at radius 1 is 1.08 bits per heavy atom. The van der Waals surface area contributed by atoms with Gasteiger partial charge in [0, 0.05) is 23.6 Å². The van der Waals surface area contributed by atoms with Crippen LogP contribution in [0.3, 0.4) is 0 Å². The zero-order chi connectivity index (χ0) is 19.1. The summed E-state index contributed by atoms with van der Waals surface area (Å²) in [6.45, 7) is 2.16. The van der Waals surface area contributed by atoms with Crippen LogP contribution in [0.1, 0.15) is 24.5 Å². The van der Waals surface area contributed by atoms with E-state index in [-0.39, 0.29) is 24.8 Å². The van der Waals surface area contributed by atoms with Crippen molar-refractivity contribution in [3.63, 3.8) is 0 Å². The summed E-state index contributed by atoms with van der Waals surface area (Å²) in [7, 11) is 1.57. The average molecular weight is 393 g/mol. The summed E-state index contributed by atoms with van der Waals surface area (Å²) < 4.78 is 0. The summed E-state index contributed by atoms with van der Waals surface area (Å²) in [6, 6.07) is 13.9. The van der Waals surface area contributed by atoms with Crippen LogP contribution in [0.25, 0.3) is 0 Å². The van der Waals surface area contributed by atoms with Crippen molar-refractivity contribution in [2.24, 2.45) is 0 Å². The summed E-state index contributed by atoms with van der Waals surface area (Å²) in [5.41, 5.74) is 1.65. The summed E-state index contributed by atoms with van der Waals surface area (Å²) >= 11 is 12.2. The van der Waals surface area contributed by atoms with Crippen LogP contribution in [-0.4, -0.2) is 29.8 Å². The van der Waals surface area contributed by atoms with Gasteiger partial charge in [-0.3, -0.25) is 9.59 Å². The molecule has 2 rings (SSSR count). The second-order valence-corrected chi connectivity index (χ2v) is 6.80. The highest BCUT2D eigenvalue weighted by atomic mass is 35.5. The molecule has 0 bridgehead atoms. The molecule has 4 nitrogen and oxygen atoms in total. The van der Waals surface area contributed by atoms with E-state index in [4.69, 9.17) is 23.2 Å². The van der Waals surface area contributed by atoms with Crippen molar-refractivity contribution in [2.75, 3.05) is 7.05 Å². The smallest absolute Gasteiger partial charge is 0.242 e. The minimum atomic E-state index is -0.559. The molecule has 0 aliphatic rings. The topological polar surface area (TPSA) is 49.4 Å². The van der Waals surface area contributed by atoms with Crippen molar-refractivity contribution < 1.29 is 9.59 Å². The molecular formula is C20H22Cl2N2O2. The fraction of sp³-hybridized carbons (Fsp3) is 0.300. The Kier molecular flexibility index (Phi) is 7.49. The van der Waals surface area contributed by atoms with E-state index in [2.05, 4.69) is 5.32 Å². The van der Waals surface area contributed by atoms with Crippen molar-refractivity contribution >= 4 is 35.0 Å². The molecule has 2 aromatic carbocycles. The van der Waals surface area contributed by atoms with Gasteiger partial charge in [0.1, 0.15) is 6.04 Å². The number of amides is 2. The predicted octanol–water partition coefficient (Wildman–Crippen LogP) is 4.09. The maximum atomic E-state index is 13.0. The molecule has 0 aliphatic heterocycles. The van der Waals surface area contributed by atoms with E-state index in [9.17, 15) is 9.59 Å². The standard InChI is InChI=1S/C20H22Cl2N2O2/c1-3-18(20(26)23-2)24(13-15-6-4-5-7-17(15)22)19(25)12-14-8-10-16(21)11-9-14/h4-11,18H,3,12-13H2,1-2H3,(H,23,26)/t18-/m1/s1. The summed E-state index contributed by atoms with van der Waals surface area (Å²) in [5, 5.41) is 3.83. The molecule has 1 N–H and O–H groups in total. The molecule has 0 heterocycles. The van der Waals surface area contributed by atoms with Crippen LogP contribution in [0.15, 0.2) is 48.5 Å². The monoisotopic (exact) mass is 392 g/mol. The van der Waals surface area contributed by atoms with Gasteiger partial charge in [0.25, 0.3) is 0 Å². The number of hydrogen-bond acceptors (Lipinski definition) is 2. The van der Waals surface area contributed by atoms with E-state index in [1.165, 1.54) is 0 Å². The van der Waals surface area contributed by atoms with Crippen LogP contribution in [-0.2, 0) is 22.6 Å². The first-order valence-electron chi connectivity index (χ1n) is 8.45. The molecule has 0 saturated heterocycles. The number of carbonyl (C=O) groups excluding carboxylic acids is 2. The Morgan fingerprint density at radius 3 is 2.31 bits per heavy atom. The maximum absolute atomic E-state index is 13.0. The third-order valence-electron chi connectivity index (χ3n) is 4.20. The van der Waals surface area contributed by atoms with E-state index < -0.39 is 6.04 Å². The number of nitrogens with zero attached hydrogens (tertiary/aromatic N) is 1. The van der Waals surface area contributed by atoms with Gasteiger partial charge in [0.15, 0.2) is 0 Å². The second-order valence-electron chi connectivity index (χ2n) is 5.95. The van der Waals surface area contributed by atoms with Gasteiger partial charge < -0.3 is 10.2 Å². The van der Waals surface area contributed by atoms with Gasteiger partial charge in [-0.05, 0) is 35.7 Å². The molecule has 26 heavy (non-hydrogen) atoms. The fourth-order valence-corrected chi connectivity index (χ4v) is 3.10. The molecule has 138 valence electrons. The molecule has 0 spiro atoms. The van der Waals surface area contributed by atoms with Gasteiger partial charge in [-0.25, -0.2) is 0 Å². The zero-order valence-electron chi connectivity index (χ0n) is 14.8. The van der Waals surface area contributed by atoms with Crippen molar-refractivity contribution in [1.82, 2.24) is 10.2 Å². The first-order chi connectivity index (χ1) is 12.5. The molecule has 0 aromatic heterocycles. The lowest BCUT2D eigenvalue weighted by molar-refractivity contribution is -0.140. The molecule has 0 radical (unpaired) electrons. The Labute approximate surface area is 164 Å². The van der Waals surface area contributed by atoms with Gasteiger partial charge in [-0.2, -0.15) is 0 Å². The third kappa shape index (κ3) is 5.23. The lowest BCUT2D eigenvalue weighted by atomic mass is 10.1. The molecular weight excluding hydrogens is 371 g/mol. The van der Waals surface area contributed by atoms with Gasteiger partial charge in [-0.1, -0.05) is 60.5 Å². The van der Waals surface area contributed by atoms with Crippen molar-refractivity contribution in [2.45, 2.75) is 32.4 Å². The minimum Gasteiger partial charge on any atom is -0.357 e. The van der Waals surface area contributed by atoms with Crippen molar-refractivity contribution in [3.8, 4) is 0 Å². The predicted molar refractivity (Wildman–Crippen MR) is 105 cm³/mol. The summed E-state index contributed by atoms with van der Waals surface area (Å²) in [6.07, 6.45) is 0.700. The molecule has 0 unspecified atom stereocenters. The Morgan fingerprint density at radius 2 is 1.73 bits per heavy atom. The van der Waals surface area contributed by atoms with Gasteiger partial charge in [0.05, 0.1) is 6.42 Å². The zero-order valence-corrected chi connectivity index (χ0v) is 16.3. The first kappa shape index (κ1) is 20.3. The molecule has 2 aromatic rings. The van der Waals surface area contributed by atoms with E-state index in [0.717, 1.165) is 11.1 Å². The molecule has 0 saturated carbocycles. The molecule has 6 heteroatoms. The fourth-order valence-electron chi connectivity index (χ4n) is 2.77. The van der Waals surface area contributed by atoms with Crippen LogP contribution in [0.2, 0.25) is 10.0 Å². The Hall–Kier alpha value is -2.04. The minimum absolute atomic E-state index is 0.136. The average Bonchev–Trinajstić information content (AvgIpc) is 2.64. The highest BCUT2D eigenvalue weighted by molar-refractivity contribution is 6.31. The van der Waals surface area contributed by atoms with Crippen LogP contribution < -0.4 is 5.32 Å². The highest BCUT2D eigenvalue weighted by Crippen LogP contribution is 2.21. The number of halogens is 2. The Balaban J connectivity index is 2.29. The van der Waals surface area contributed by atoms with Crippen LogP contribution in [0, 0.1) is 0 Å².